The number of benzene rings is 1. The van der Waals surface area contributed by atoms with E-state index in [-0.39, 0.29) is 35.9 Å². The highest BCUT2D eigenvalue weighted by Gasteiger charge is 2.44. The summed E-state index contributed by atoms with van der Waals surface area (Å²) in [6.07, 6.45) is 2.48. The predicted molar refractivity (Wildman–Crippen MR) is 131 cm³/mol. The minimum atomic E-state index is -0.806. The molecule has 0 aliphatic carbocycles. The van der Waals surface area contributed by atoms with Crippen molar-refractivity contribution in [3.63, 3.8) is 0 Å². The van der Waals surface area contributed by atoms with Crippen LogP contribution in [0.2, 0.25) is 0 Å². The van der Waals surface area contributed by atoms with Crippen LogP contribution < -0.4 is 15.8 Å². The van der Waals surface area contributed by atoms with Gasteiger partial charge in [0, 0.05) is 29.9 Å². The van der Waals surface area contributed by atoms with Crippen LogP contribution in [0.1, 0.15) is 38.8 Å². The number of nitrogens with one attached hydrogen (secondary N) is 2. The number of aliphatic hydroxyl groups is 1. The molecule has 0 spiro atoms. The Morgan fingerprint density at radius 3 is 2.80 bits per heavy atom. The molecule has 10 heteroatoms. The standard InChI is InChI=1S/C25H26N6O4/c1-24(2,3)35-23(34)31-13-25(4,14-32)17-11-15(10-16(12-26)20(17)31)18-7-9-28-22(29-18)30-19-6-5-8-27-21(19)33/h5-11,32H,13-14H2,1-4H3,(H,27,33)(H,28,29,30). The highest BCUT2D eigenvalue weighted by molar-refractivity contribution is 5.95. The van der Waals surface area contributed by atoms with Gasteiger partial charge in [0.05, 0.1) is 23.6 Å². The van der Waals surface area contributed by atoms with E-state index in [1.807, 2.05) is 13.0 Å². The lowest BCUT2D eigenvalue weighted by atomic mass is 9.83. The van der Waals surface area contributed by atoms with Crippen LogP contribution in [0.3, 0.4) is 0 Å². The molecule has 4 rings (SSSR count). The summed E-state index contributed by atoms with van der Waals surface area (Å²) in [4.78, 5) is 37.6. The van der Waals surface area contributed by atoms with E-state index in [0.29, 0.717) is 22.5 Å². The van der Waals surface area contributed by atoms with Gasteiger partial charge in [0.2, 0.25) is 5.95 Å². The SMILES string of the molecule is CC(C)(C)OC(=O)N1CC(C)(CO)c2cc(-c3ccnc(Nc4ccc[nH]c4=O)n3)cc(C#N)c21. The summed E-state index contributed by atoms with van der Waals surface area (Å²) < 4.78 is 5.55. The van der Waals surface area contributed by atoms with Crippen molar-refractivity contribution < 1.29 is 14.6 Å². The normalized spacial score (nSPS) is 17.0. The Balaban J connectivity index is 1.78. The van der Waals surface area contributed by atoms with E-state index in [4.69, 9.17) is 4.74 Å². The van der Waals surface area contributed by atoms with Crippen LogP contribution in [0.25, 0.3) is 11.3 Å². The number of H-pyrrole nitrogens is 1. The van der Waals surface area contributed by atoms with Gasteiger partial charge in [-0.05, 0) is 56.7 Å². The number of aromatic nitrogens is 3. The molecule has 2 aromatic heterocycles. The summed E-state index contributed by atoms with van der Waals surface area (Å²) in [5.41, 5.74) is 0.894. The summed E-state index contributed by atoms with van der Waals surface area (Å²) in [5.74, 6) is 0.207. The molecule has 180 valence electrons. The smallest absolute Gasteiger partial charge is 0.414 e. The zero-order chi connectivity index (χ0) is 25.4. The molecule has 1 unspecified atom stereocenters. The minimum absolute atomic E-state index is 0.166. The molecule has 1 aliphatic heterocycles. The Bertz CT molecular complexity index is 1390. The molecule has 35 heavy (non-hydrogen) atoms. The first-order valence-corrected chi connectivity index (χ1v) is 11.0. The first-order chi connectivity index (χ1) is 16.5. The highest BCUT2D eigenvalue weighted by Crippen LogP contribution is 2.45. The Hall–Kier alpha value is -4.23. The van der Waals surface area contributed by atoms with Gasteiger partial charge in [-0.2, -0.15) is 5.26 Å². The zero-order valence-corrected chi connectivity index (χ0v) is 19.9. The monoisotopic (exact) mass is 474 g/mol. The quantitative estimate of drug-likeness (QED) is 0.521. The number of pyridine rings is 1. The number of fused-ring (bicyclic) bond motifs is 1. The third-order valence-electron chi connectivity index (χ3n) is 5.64. The second-order valence-electron chi connectivity index (χ2n) is 9.62. The molecule has 3 aromatic rings. The lowest BCUT2D eigenvalue weighted by Gasteiger charge is -2.26. The molecule has 10 nitrogen and oxygen atoms in total. The fraction of sp³-hybridized carbons (Fsp3) is 0.320. The number of ether oxygens (including phenoxy) is 1. The lowest BCUT2D eigenvalue weighted by Crippen LogP contribution is -2.40. The number of carbonyl (C=O) groups excluding carboxylic acids is 1. The Morgan fingerprint density at radius 1 is 1.37 bits per heavy atom. The van der Waals surface area contributed by atoms with E-state index in [1.165, 1.54) is 11.1 Å². The number of anilines is 3. The molecule has 1 aromatic carbocycles. The summed E-state index contributed by atoms with van der Waals surface area (Å²) in [6, 6.07) is 10.6. The van der Waals surface area contributed by atoms with Crippen molar-refractivity contribution in [3.05, 3.63) is 64.2 Å². The lowest BCUT2D eigenvalue weighted by molar-refractivity contribution is 0.0575. The molecule has 1 aliphatic rings. The van der Waals surface area contributed by atoms with Gasteiger partial charge in [0.1, 0.15) is 17.4 Å². The Labute approximate surface area is 202 Å². The summed E-state index contributed by atoms with van der Waals surface area (Å²) in [7, 11) is 0. The number of aliphatic hydroxyl groups excluding tert-OH is 1. The van der Waals surface area contributed by atoms with Gasteiger partial charge in [0.25, 0.3) is 5.56 Å². The molecule has 0 radical (unpaired) electrons. The number of hydrogen-bond acceptors (Lipinski definition) is 8. The van der Waals surface area contributed by atoms with Crippen molar-refractivity contribution in [2.24, 2.45) is 0 Å². The van der Waals surface area contributed by atoms with E-state index in [0.717, 1.165) is 0 Å². The van der Waals surface area contributed by atoms with Crippen LogP contribution in [0.15, 0.2) is 47.5 Å². The third kappa shape index (κ3) is 4.72. The second-order valence-corrected chi connectivity index (χ2v) is 9.62. The molecule has 3 N–H and O–H groups in total. The van der Waals surface area contributed by atoms with Gasteiger partial charge in [-0.25, -0.2) is 14.8 Å². The Morgan fingerprint density at radius 2 is 2.14 bits per heavy atom. The van der Waals surface area contributed by atoms with Crippen LogP contribution in [0, 0.1) is 11.3 Å². The topological polar surface area (TPSA) is 144 Å². The number of carbonyl (C=O) groups is 1. The molecule has 1 atom stereocenters. The zero-order valence-electron chi connectivity index (χ0n) is 19.9. The molecular formula is C25H26N6O4. The van der Waals surface area contributed by atoms with Gasteiger partial charge < -0.3 is 20.1 Å². The van der Waals surface area contributed by atoms with E-state index in [9.17, 15) is 20.0 Å². The number of aromatic amines is 1. The molecule has 0 bridgehead atoms. The van der Waals surface area contributed by atoms with Crippen molar-refractivity contribution in [1.29, 1.82) is 5.26 Å². The maximum atomic E-state index is 13.0. The average molecular weight is 475 g/mol. The van der Waals surface area contributed by atoms with E-state index in [2.05, 4.69) is 26.3 Å². The summed E-state index contributed by atoms with van der Waals surface area (Å²) in [6.45, 7) is 7.07. The largest absolute Gasteiger partial charge is 0.443 e. The first-order valence-electron chi connectivity index (χ1n) is 11.0. The van der Waals surface area contributed by atoms with Crippen molar-refractivity contribution in [1.82, 2.24) is 15.0 Å². The van der Waals surface area contributed by atoms with Crippen molar-refractivity contribution in [2.45, 2.75) is 38.7 Å². The third-order valence-corrected chi connectivity index (χ3v) is 5.64. The van der Waals surface area contributed by atoms with Gasteiger partial charge in [0.15, 0.2) is 0 Å². The van der Waals surface area contributed by atoms with Crippen LogP contribution in [-0.4, -0.2) is 44.9 Å². The van der Waals surface area contributed by atoms with Gasteiger partial charge in [-0.3, -0.25) is 9.69 Å². The second kappa shape index (κ2) is 8.85. The van der Waals surface area contributed by atoms with Gasteiger partial charge in [-0.15, -0.1) is 0 Å². The van der Waals surface area contributed by atoms with Crippen LogP contribution in [0.5, 0.6) is 0 Å². The first kappa shape index (κ1) is 23.9. The average Bonchev–Trinajstić information content (AvgIpc) is 3.13. The van der Waals surface area contributed by atoms with Crippen LogP contribution in [0.4, 0.5) is 22.1 Å². The number of amides is 1. The summed E-state index contributed by atoms with van der Waals surface area (Å²) in [5, 5.41) is 23.1. The van der Waals surface area contributed by atoms with E-state index in [1.54, 1.807) is 51.2 Å². The molecule has 0 fully saturated rings. The van der Waals surface area contributed by atoms with Crippen molar-refractivity contribution in [3.8, 4) is 17.3 Å². The molecular weight excluding hydrogens is 448 g/mol. The predicted octanol–water partition coefficient (Wildman–Crippen LogP) is 3.45. The maximum absolute atomic E-state index is 13.0. The van der Waals surface area contributed by atoms with Gasteiger partial charge >= 0.3 is 6.09 Å². The Kier molecular flexibility index (Phi) is 6.05. The number of hydrogen-bond donors (Lipinski definition) is 3. The molecule has 0 saturated carbocycles. The van der Waals surface area contributed by atoms with Crippen molar-refractivity contribution >= 4 is 23.4 Å². The van der Waals surface area contributed by atoms with Gasteiger partial charge in [-0.1, -0.05) is 6.92 Å². The number of nitriles is 1. The fourth-order valence-corrected chi connectivity index (χ4v) is 3.96. The molecule has 3 heterocycles. The fourth-order valence-electron chi connectivity index (χ4n) is 3.96. The van der Waals surface area contributed by atoms with Crippen LogP contribution >= 0.6 is 0 Å². The maximum Gasteiger partial charge on any atom is 0.414 e. The molecule has 1 amide bonds. The highest BCUT2D eigenvalue weighted by atomic mass is 16.6. The van der Waals surface area contributed by atoms with E-state index < -0.39 is 17.1 Å². The summed E-state index contributed by atoms with van der Waals surface area (Å²) >= 11 is 0. The van der Waals surface area contributed by atoms with Crippen LogP contribution in [-0.2, 0) is 10.2 Å². The minimum Gasteiger partial charge on any atom is -0.443 e. The van der Waals surface area contributed by atoms with Crippen molar-refractivity contribution in [2.75, 3.05) is 23.4 Å². The number of rotatable bonds is 4. The number of nitrogens with zero attached hydrogens (tertiary/aromatic N) is 4. The molecule has 0 saturated heterocycles. The van der Waals surface area contributed by atoms with E-state index >= 15 is 0 Å².